The Balaban J connectivity index is 1.50. The molecule has 6 heteroatoms. The van der Waals surface area contributed by atoms with Crippen LogP contribution >= 0.6 is 11.6 Å². The normalized spacial score (nSPS) is 10.9. The molecule has 3 rings (SSSR count). The van der Waals surface area contributed by atoms with Crippen molar-refractivity contribution in [2.75, 3.05) is 6.61 Å². The standard InChI is InChI=1S/C25H25ClN2O3/c1-2-3-4-5-18-30-23-14-6-19(7-15-23)25(29)31-24-16-12-22(13-17-24)28-27-21-10-8-20(26)9-11-21/h6-17H,2-5,18H2,1H3. The molecule has 0 heterocycles. The van der Waals surface area contributed by atoms with Gasteiger partial charge >= 0.3 is 5.97 Å². The third-order valence-electron chi connectivity index (χ3n) is 4.51. The van der Waals surface area contributed by atoms with Gasteiger partial charge in [0.1, 0.15) is 11.5 Å². The van der Waals surface area contributed by atoms with E-state index in [0.29, 0.717) is 34.3 Å². The molecule has 0 amide bonds. The van der Waals surface area contributed by atoms with E-state index in [9.17, 15) is 4.79 Å². The van der Waals surface area contributed by atoms with Gasteiger partial charge in [-0.25, -0.2) is 4.79 Å². The van der Waals surface area contributed by atoms with Gasteiger partial charge in [0.15, 0.2) is 0 Å². The van der Waals surface area contributed by atoms with Crippen molar-refractivity contribution >= 4 is 28.9 Å². The molecule has 0 aliphatic heterocycles. The number of carbonyl (C=O) groups excluding carboxylic acids is 1. The monoisotopic (exact) mass is 436 g/mol. The van der Waals surface area contributed by atoms with Crippen molar-refractivity contribution in [3.8, 4) is 11.5 Å². The average molecular weight is 437 g/mol. The summed E-state index contributed by atoms with van der Waals surface area (Å²) in [5.74, 6) is 0.764. The Morgan fingerprint density at radius 1 is 0.774 bits per heavy atom. The first-order valence-corrected chi connectivity index (χ1v) is 10.7. The number of rotatable bonds is 10. The number of ether oxygens (including phenoxy) is 2. The Morgan fingerprint density at radius 2 is 1.35 bits per heavy atom. The molecular formula is C25H25ClN2O3. The fourth-order valence-electron chi connectivity index (χ4n) is 2.78. The van der Waals surface area contributed by atoms with E-state index < -0.39 is 5.97 Å². The van der Waals surface area contributed by atoms with Crippen LogP contribution in [0.5, 0.6) is 11.5 Å². The molecule has 31 heavy (non-hydrogen) atoms. The third-order valence-corrected chi connectivity index (χ3v) is 4.76. The van der Waals surface area contributed by atoms with Crippen LogP contribution in [0.4, 0.5) is 11.4 Å². The Kier molecular flexibility index (Phi) is 8.61. The number of hydrogen-bond donors (Lipinski definition) is 0. The highest BCUT2D eigenvalue weighted by Gasteiger charge is 2.09. The van der Waals surface area contributed by atoms with E-state index in [1.165, 1.54) is 19.3 Å². The molecule has 0 unspecified atom stereocenters. The Labute approximate surface area is 187 Å². The molecule has 0 spiro atoms. The van der Waals surface area contributed by atoms with Gasteiger partial charge in [0, 0.05) is 5.02 Å². The number of benzene rings is 3. The molecular weight excluding hydrogens is 412 g/mol. The number of hydrogen-bond acceptors (Lipinski definition) is 5. The van der Waals surface area contributed by atoms with Crippen LogP contribution < -0.4 is 9.47 Å². The Morgan fingerprint density at radius 3 is 1.97 bits per heavy atom. The smallest absolute Gasteiger partial charge is 0.343 e. The minimum absolute atomic E-state index is 0.426. The fourth-order valence-corrected chi connectivity index (χ4v) is 2.90. The van der Waals surface area contributed by atoms with Gasteiger partial charge in [-0.2, -0.15) is 10.2 Å². The SMILES string of the molecule is CCCCCCOc1ccc(C(=O)Oc2ccc(N=Nc3ccc(Cl)cc3)cc2)cc1. The summed E-state index contributed by atoms with van der Waals surface area (Å²) < 4.78 is 11.1. The first kappa shape index (κ1) is 22.5. The fraction of sp³-hybridized carbons (Fsp3) is 0.240. The maximum absolute atomic E-state index is 12.4. The summed E-state index contributed by atoms with van der Waals surface area (Å²) in [4.78, 5) is 12.4. The van der Waals surface area contributed by atoms with E-state index in [-0.39, 0.29) is 0 Å². The van der Waals surface area contributed by atoms with E-state index >= 15 is 0 Å². The van der Waals surface area contributed by atoms with Gasteiger partial charge in [-0.15, -0.1) is 0 Å². The Hall–Kier alpha value is -3.18. The number of unbranched alkanes of at least 4 members (excludes halogenated alkanes) is 3. The zero-order valence-corrected chi connectivity index (χ0v) is 18.2. The van der Waals surface area contributed by atoms with Crippen LogP contribution in [0.2, 0.25) is 5.02 Å². The quantitative estimate of drug-likeness (QED) is 0.140. The summed E-state index contributed by atoms with van der Waals surface area (Å²) in [5.41, 5.74) is 1.81. The lowest BCUT2D eigenvalue weighted by atomic mass is 10.2. The molecule has 0 atom stereocenters. The summed E-state index contributed by atoms with van der Waals surface area (Å²) in [5, 5.41) is 8.96. The first-order chi connectivity index (χ1) is 15.1. The van der Waals surface area contributed by atoms with E-state index in [1.807, 2.05) is 0 Å². The van der Waals surface area contributed by atoms with Crippen molar-refractivity contribution in [3.63, 3.8) is 0 Å². The molecule has 0 aliphatic rings. The minimum Gasteiger partial charge on any atom is -0.494 e. The van der Waals surface area contributed by atoms with Crippen LogP contribution in [0.25, 0.3) is 0 Å². The molecule has 0 fully saturated rings. The molecule has 5 nitrogen and oxygen atoms in total. The number of carbonyl (C=O) groups is 1. The summed E-state index contributed by atoms with van der Waals surface area (Å²) in [7, 11) is 0. The summed E-state index contributed by atoms with van der Waals surface area (Å²) in [6.45, 7) is 2.87. The van der Waals surface area contributed by atoms with Crippen molar-refractivity contribution in [1.82, 2.24) is 0 Å². The first-order valence-electron chi connectivity index (χ1n) is 10.4. The van der Waals surface area contributed by atoms with Crippen LogP contribution in [-0.4, -0.2) is 12.6 Å². The van der Waals surface area contributed by atoms with E-state index in [0.717, 1.165) is 12.2 Å². The molecule has 3 aromatic rings. The predicted molar refractivity (Wildman–Crippen MR) is 123 cm³/mol. The minimum atomic E-state index is -0.426. The topological polar surface area (TPSA) is 60.2 Å². The lowest BCUT2D eigenvalue weighted by Crippen LogP contribution is -2.08. The highest BCUT2D eigenvalue weighted by Crippen LogP contribution is 2.23. The van der Waals surface area contributed by atoms with Crippen LogP contribution in [0.3, 0.4) is 0 Å². The third kappa shape index (κ3) is 7.54. The summed E-state index contributed by atoms with van der Waals surface area (Å²) in [6, 6.07) is 20.9. The van der Waals surface area contributed by atoms with Crippen molar-refractivity contribution in [2.45, 2.75) is 32.6 Å². The van der Waals surface area contributed by atoms with E-state index in [4.69, 9.17) is 21.1 Å². The zero-order chi connectivity index (χ0) is 21.9. The number of esters is 1. The summed E-state index contributed by atoms with van der Waals surface area (Å²) in [6.07, 6.45) is 4.63. The summed E-state index contributed by atoms with van der Waals surface area (Å²) >= 11 is 5.86. The molecule has 160 valence electrons. The number of halogens is 1. The maximum atomic E-state index is 12.4. The van der Waals surface area contributed by atoms with Gasteiger partial charge in [-0.1, -0.05) is 37.8 Å². The molecule has 0 aromatic heterocycles. The van der Waals surface area contributed by atoms with Crippen LogP contribution in [-0.2, 0) is 0 Å². The molecule has 0 aliphatic carbocycles. The van der Waals surface area contributed by atoms with Crippen molar-refractivity contribution < 1.29 is 14.3 Å². The van der Waals surface area contributed by atoms with Crippen molar-refractivity contribution in [2.24, 2.45) is 10.2 Å². The molecule has 0 bridgehead atoms. The van der Waals surface area contributed by atoms with Gasteiger partial charge in [0.05, 0.1) is 23.5 Å². The van der Waals surface area contributed by atoms with Crippen LogP contribution in [0, 0.1) is 0 Å². The lowest BCUT2D eigenvalue weighted by molar-refractivity contribution is 0.0734. The second-order valence-electron chi connectivity index (χ2n) is 6.99. The van der Waals surface area contributed by atoms with Gasteiger partial charge < -0.3 is 9.47 Å². The Bertz CT molecular complexity index is 985. The van der Waals surface area contributed by atoms with Crippen molar-refractivity contribution in [3.05, 3.63) is 83.4 Å². The number of azo groups is 1. The van der Waals surface area contributed by atoms with Crippen molar-refractivity contribution in [1.29, 1.82) is 0 Å². The van der Waals surface area contributed by atoms with E-state index in [2.05, 4.69) is 17.2 Å². The van der Waals surface area contributed by atoms with Crippen LogP contribution in [0.1, 0.15) is 43.0 Å². The van der Waals surface area contributed by atoms with Gasteiger partial charge in [0.25, 0.3) is 0 Å². The molecule has 0 saturated heterocycles. The zero-order valence-electron chi connectivity index (χ0n) is 17.5. The number of nitrogens with zero attached hydrogens (tertiary/aromatic N) is 2. The van der Waals surface area contributed by atoms with E-state index in [1.54, 1.807) is 72.8 Å². The van der Waals surface area contributed by atoms with Gasteiger partial charge in [-0.3, -0.25) is 0 Å². The van der Waals surface area contributed by atoms with Crippen LogP contribution in [0.15, 0.2) is 83.0 Å². The van der Waals surface area contributed by atoms with Gasteiger partial charge in [-0.05, 0) is 79.2 Å². The largest absolute Gasteiger partial charge is 0.494 e. The predicted octanol–water partition coefficient (Wildman–Crippen LogP) is 7.93. The average Bonchev–Trinajstić information content (AvgIpc) is 2.80. The molecule has 3 aromatic carbocycles. The lowest BCUT2D eigenvalue weighted by Gasteiger charge is -2.07. The molecule has 0 N–H and O–H groups in total. The highest BCUT2D eigenvalue weighted by molar-refractivity contribution is 6.30. The van der Waals surface area contributed by atoms with Gasteiger partial charge in [0.2, 0.25) is 0 Å². The molecule has 0 radical (unpaired) electrons. The maximum Gasteiger partial charge on any atom is 0.343 e. The second-order valence-corrected chi connectivity index (χ2v) is 7.43. The highest BCUT2D eigenvalue weighted by atomic mass is 35.5. The second kappa shape index (κ2) is 11.9. The molecule has 0 saturated carbocycles.